The Labute approximate surface area is 127 Å². The van der Waals surface area contributed by atoms with Gasteiger partial charge in [-0.25, -0.2) is 19.2 Å². The standard InChI is InChI=1S/C8H6O3.C4H2O3.C4H6/c9-7-5-3-1-2-4-6(5)8(10)11-7;5-3-1-2-4(6)7-3;1-3-4-2/h1-2H,3-4H2;1-2H;3-4H,1-2H2. The van der Waals surface area contributed by atoms with Gasteiger partial charge in [0.2, 0.25) is 0 Å². The molecule has 0 amide bonds. The molecule has 6 heteroatoms. The van der Waals surface area contributed by atoms with Gasteiger partial charge in [-0.05, 0) is 12.8 Å². The zero-order chi connectivity index (χ0) is 16.5. The number of allylic oxidation sites excluding steroid dienone is 4. The number of cyclic esters (lactones) is 4. The zero-order valence-electron chi connectivity index (χ0n) is 11.7. The first-order valence-electron chi connectivity index (χ1n) is 6.30. The van der Waals surface area contributed by atoms with Crippen LogP contribution in [0.5, 0.6) is 0 Å². The summed E-state index contributed by atoms with van der Waals surface area (Å²) in [6.45, 7) is 6.72. The van der Waals surface area contributed by atoms with Gasteiger partial charge in [-0.15, -0.1) is 0 Å². The topological polar surface area (TPSA) is 86.7 Å². The van der Waals surface area contributed by atoms with Crippen LogP contribution in [0.25, 0.3) is 0 Å². The van der Waals surface area contributed by atoms with Crippen molar-refractivity contribution in [1.29, 1.82) is 0 Å². The average Bonchev–Trinajstić information content (AvgIpc) is 3.03. The Morgan fingerprint density at radius 1 is 0.773 bits per heavy atom. The first kappa shape index (κ1) is 17.0. The van der Waals surface area contributed by atoms with Crippen LogP contribution in [-0.4, -0.2) is 23.9 Å². The molecule has 0 radical (unpaired) electrons. The van der Waals surface area contributed by atoms with Gasteiger partial charge in [0.1, 0.15) is 0 Å². The molecule has 0 saturated heterocycles. The van der Waals surface area contributed by atoms with Crippen molar-refractivity contribution >= 4 is 23.9 Å². The highest BCUT2D eigenvalue weighted by molar-refractivity contribution is 6.12. The quantitative estimate of drug-likeness (QED) is 0.317. The van der Waals surface area contributed by atoms with Crippen molar-refractivity contribution in [3.63, 3.8) is 0 Å². The fourth-order valence-electron chi connectivity index (χ4n) is 1.57. The number of ether oxygens (including phenoxy) is 2. The van der Waals surface area contributed by atoms with Crippen LogP contribution in [-0.2, 0) is 28.7 Å². The fourth-order valence-corrected chi connectivity index (χ4v) is 1.57. The molecule has 0 fully saturated rings. The smallest absolute Gasteiger partial charge is 0.342 e. The summed E-state index contributed by atoms with van der Waals surface area (Å²) in [5.74, 6) is -2.08. The molecule has 2 aliphatic heterocycles. The second-order valence-electron chi connectivity index (χ2n) is 4.06. The Kier molecular flexibility index (Phi) is 6.43. The van der Waals surface area contributed by atoms with E-state index in [2.05, 4.69) is 22.6 Å². The van der Waals surface area contributed by atoms with Crippen LogP contribution in [0, 0.1) is 0 Å². The minimum Gasteiger partial charge on any atom is -0.387 e. The van der Waals surface area contributed by atoms with Gasteiger partial charge in [0.25, 0.3) is 0 Å². The molecule has 0 aromatic carbocycles. The van der Waals surface area contributed by atoms with Crippen LogP contribution >= 0.6 is 0 Å². The molecular formula is C16H14O6. The first-order chi connectivity index (χ1) is 10.5. The molecule has 0 atom stereocenters. The minimum absolute atomic E-state index is 0.464. The lowest BCUT2D eigenvalue weighted by molar-refractivity contribution is -0.152. The van der Waals surface area contributed by atoms with E-state index in [9.17, 15) is 19.2 Å². The van der Waals surface area contributed by atoms with E-state index >= 15 is 0 Å². The Bertz CT molecular complexity index is 569. The largest absolute Gasteiger partial charge is 0.387 e. The van der Waals surface area contributed by atoms with Crippen molar-refractivity contribution in [3.05, 3.63) is 60.8 Å². The van der Waals surface area contributed by atoms with Crippen molar-refractivity contribution < 1.29 is 28.7 Å². The third kappa shape index (κ3) is 4.82. The van der Waals surface area contributed by atoms with Crippen LogP contribution < -0.4 is 0 Å². The van der Waals surface area contributed by atoms with Gasteiger partial charge in [-0.1, -0.05) is 37.5 Å². The lowest BCUT2D eigenvalue weighted by Crippen LogP contribution is -2.01. The number of carbonyl (C=O) groups excluding carboxylic acids is 4. The summed E-state index contributed by atoms with van der Waals surface area (Å²) in [5.41, 5.74) is 1.08. The highest BCUT2D eigenvalue weighted by Crippen LogP contribution is 2.26. The van der Waals surface area contributed by atoms with Gasteiger partial charge in [0.05, 0.1) is 11.1 Å². The number of hydrogen-bond acceptors (Lipinski definition) is 6. The normalized spacial score (nSPS) is 17.6. The number of carbonyl (C=O) groups is 4. The van der Waals surface area contributed by atoms with Gasteiger partial charge >= 0.3 is 23.9 Å². The molecule has 0 N–H and O–H groups in total. The van der Waals surface area contributed by atoms with Crippen molar-refractivity contribution in [2.45, 2.75) is 12.8 Å². The summed E-state index contributed by atoms with van der Waals surface area (Å²) in [4.78, 5) is 41.6. The molecule has 6 nitrogen and oxygen atoms in total. The third-order valence-electron chi connectivity index (χ3n) is 2.58. The molecule has 0 unspecified atom stereocenters. The summed E-state index contributed by atoms with van der Waals surface area (Å²) in [6.07, 6.45) is 10.3. The van der Waals surface area contributed by atoms with Crippen molar-refractivity contribution in [2.75, 3.05) is 0 Å². The highest BCUT2D eigenvalue weighted by atomic mass is 16.6. The Morgan fingerprint density at radius 3 is 1.45 bits per heavy atom. The van der Waals surface area contributed by atoms with E-state index in [1.165, 1.54) is 0 Å². The second kappa shape index (κ2) is 8.31. The van der Waals surface area contributed by atoms with Crippen molar-refractivity contribution in [3.8, 4) is 0 Å². The van der Waals surface area contributed by atoms with Crippen LogP contribution in [0.4, 0.5) is 0 Å². The van der Waals surface area contributed by atoms with Crippen LogP contribution in [0.15, 0.2) is 60.8 Å². The van der Waals surface area contributed by atoms with E-state index in [-0.39, 0.29) is 0 Å². The molecular weight excluding hydrogens is 288 g/mol. The Hall–Kier alpha value is -3.02. The predicted molar refractivity (Wildman–Crippen MR) is 77.1 cm³/mol. The molecule has 22 heavy (non-hydrogen) atoms. The van der Waals surface area contributed by atoms with Gasteiger partial charge in [0.15, 0.2) is 0 Å². The maximum absolute atomic E-state index is 10.9. The summed E-state index contributed by atoms with van der Waals surface area (Å²) in [6, 6.07) is 0. The van der Waals surface area contributed by atoms with E-state index in [1.807, 2.05) is 12.2 Å². The van der Waals surface area contributed by atoms with Gasteiger partial charge < -0.3 is 9.47 Å². The fraction of sp³-hybridized carbons (Fsp3) is 0.125. The SMILES string of the molecule is C=CC=C.O=C1C=CC(=O)O1.O=C1OC(=O)C2=C1CC=CC2. The zero-order valence-corrected chi connectivity index (χ0v) is 11.7. The molecule has 3 rings (SSSR count). The Morgan fingerprint density at radius 2 is 1.18 bits per heavy atom. The molecule has 0 aromatic rings. The second-order valence-corrected chi connectivity index (χ2v) is 4.06. The van der Waals surface area contributed by atoms with Gasteiger partial charge in [0, 0.05) is 12.2 Å². The molecule has 0 bridgehead atoms. The number of hydrogen-bond donors (Lipinski definition) is 0. The first-order valence-corrected chi connectivity index (χ1v) is 6.30. The van der Waals surface area contributed by atoms with E-state index < -0.39 is 23.9 Å². The Balaban J connectivity index is 0.000000190. The maximum Gasteiger partial charge on any atom is 0.342 e. The van der Waals surface area contributed by atoms with E-state index in [4.69, 9.17) is 0 Å². The molecule has 1 aliphatic carbocycles. The van der Waals surface area contributed by atoms with E-state index in [1.54, 1.807) is 12.2 Å². The molecule has 0 aromatic heterocycles. The average molecular weight is 302 g/mol. The number of esters is 4. The molecule has 3 aliphatic rings. The van der Waals surface area contributed by atoms with Gasteiger partial charge in [-0.3, -0.25) is 0 Å². The monoisotopic (exact) mass is 302 g/mol. The lowest BCUT2D eigenvalue weighted by atomic mass is 9.99. The number of rotatable bonds is 1. The molecule has 0 saturated carbocycles. The van der Waals surface area contributed by atoms with E-state index in [0.29, 0.717) is 24.0 Å². The third-order valence-corrected chi connectivity index (χ3v) is 2.58. The summed E-state index contributed by atoms with van der Waals surface area (Å²) >= 11 is 0. The summed E-state index contributed by atoms with van der Waals surface area (Å²) < 4.78 is 8.39. The molecule has 114 valence electrons. The van der Waals surface area contributed by atoms with Crippen LogP contribution in [0.3, 0.4) is 0 Å². The maximum atomic E-state index is 10.9. The van der Waals surface area contributed by atoms with Crippen molar-refractivity contribution in [1.82, 2.24) is 0 Å². The highest BCUT2D eigenvalue weighted by Gasteiger charge is 2.32. The van der Waals surface area contributed by atoms with Gasteiger partial charge in [-0.2, -0.15) is 0 Å². The van der Waals surface area contributed by atoms with Crippen LogP contribution in [0.2, 0.25) is 0 Å². The summed E-state index contributed by atoms with van der Waals surface area (Å²) in [5, 5.41) is 0. The minimum atomic E-state index is -0.579. The molecule has 2 heterocycles. The summed E-state index contributed by atoms with van der Waals surface area (Å²) in [7, 11) is 0. The molecule has 0 spiro atoms. The lowest BCUT2D eigenvalue weighted by Gasteiger charge is -2.00. The van der Waals surface area contributed by atoms with E-state index in [0.717, 1.165) is 12.2 Å². The van der Waals surface area contributed by atoms with Crippen LogP contribution in [0.1, 0.15) is 12.8 Å². The van der Waals surface area contributed by atoms with Crippen molar-refractivity contribution in [2.24, 2.45) is 0 Å². The predicted octanol–water partition coefficient (Wildman–Crippen LogP) is 1.70.